The van der Waals surface area contributed by atoms with Crippen molar-refractivity contribution in [3.63, 3.8) is 0 Å². The first-order chi connectivity index (χ1) is 11.5. The largest absolute Gasteiger partial charge is 0.361 e. The zero-order valence-corrected chi connectivity index (χ0v) is 14.5. The molecule has 2 aromatic heterocycles. The van der Waals surface area contributed by atoms with Crippen LogP contribution in [0.15, 0.2) is 47.5 Å². The molecule has 5 nitrogen and oxygen atoms in total. The fourth-order valence-corrected chi connectivity index (χ4v) is 2.97. The highest BCUT2D eigenvalue weighted by atomic mass is 16.7. The summed E-state index contributed by atoms with van der Waals surface area (Å²) in [4.78, 5) is 12.1. The van der Waals surface area contributed by atoms with Gasteiger partial charge >= 0.3 is 0 Å². The van der Waals surface area contributed by atoms with E-state index in [1.54, 1.807) is 26.6 Å². The van der Waals surface area contributed by atoms with Crippen LogP contribution >= 0.6 is 0 Å². The number of nitrogens with one attached hydrogen (secondary N) is 1. The van der Waals surface area contributed by atoms with E-state index < -0.39 is 0 Å². The van der Waals surface area contributed by atoms with Crippen molar-refractivity contribution in [3.8, 4) is 11.1 Å². The molecule has 1 N–H and O–H groups in total. The molecule has 5 heteroatoms. The fourth-order valence-electron chi connectivity index (χ4n) is 2.97. The van der Waals surface area contributed by atoms with Crippen LogP contribution < -0.4 is 0 Å². The van der Waals surface area contributed by atoms with Crippen molar-refractivity contribution >= 4 is 11.8 Å². The number of aliphatic imine (C=N–C) groups is 1. The van der Waals surface area contributed by atoms with Gasteiger partial charge in [0.1, 0.15) is 0 Å². The Balaban J connectivity index is 1.89. The molecule has 0 unspecified atom stereocenters. The van der Waals surface area contributed by atoms with Gasteiger partial charge in [0, 0.05) is 56.0 Å². The van der Waals surface area contributed by atoms with E-state index in [2.05, 4.69) is 36.0 Å². The Hall–Kier alpha value is -2.24. The number of aromatic nitrogens is 2. The predicted molar refractivity (Wildman–Crippen MR) is 95.6 cm³/mol. The smallest absolute Gasteiger partial charge is 0.196 e. The fraction of sp³-hybridized carbons (Fsp3) is 0.368. The van der Waals surface area contributed by atoms with E-state index in [-0.39, 0.29) is 11.7 Å². The van der Waals surface area contributed by atoms with Crippen molar-refractivity contribution in [1.82, 2.24) is 9.97 Å². The van der Waals surface area contributed by atoms with Gasteiger partial charge in [0.2, 0.25) is 0 Å². The van der Waals surface area contributed by atoms with Crippen molar-refractivity contribution in [1.29, 1.82) is 0 Å². The maximum atomic E-state index is 5.34. The van der Waals surface area contributed by atoms with E-state index in [9.17, 15) is 0 Å². The molecule has 0 radical (unpaired) electrons. The number of hydrogen-bond donors (Lipinski definition) is 1. The number of rotatable bonds is 5. The number of aromatic amines is 1. The van der Waals surface area contributed by atoms with Crippen LogP contribution in [0.1, 0.15) is 26.0 Å². The van der Waals surface area contributed by atoms with Crippen LogP contribution in [0.3, 0.4) is 0 Å². The predicted octanol–water partition coefficient (Wildman–Crippen LogP) is 3.91. The van der Waals surface area contributed by atoms with E-state index in [1.165, 1.54) is 0 Å². The lowest BCUT2D eigenvalue weighted by atomic mass is 9.86. The molecule has 0 saturated carbocycles. The molecule has 1 aliphatic heterocycles. The monoisotopic (exact) mass is 325 g/mol. The van der Waals surface area contributed by atoms with Gasteiger partial charge in [-0.2, -0.15) is 0 Å². The second kappa shape index (κ2) is 6.71. The zero-order valence-electron chi connectivity index (χ0n) is 14.5. The zero-order chi connectivity index (χ0) is 17.2. The topological polar surface area (TPSA) is 59.5 Å². The average Bonchev–Trinajstić information content (AvgIpc) is 3.15. The van der Waals surface area contributed by atoms with Crippen molar-refractivity contribution in [3.05, 3.63) is 48.2 Å². The van der Waals surface area contributed by atoms with Crippen LogP contribution in [-0.2, 0) is 9.47 Å². The van der Waals surface area contributed by atoms with E-state index >= 15 is 0 Å². The second-order valence-corrected chi connectivity index (χ2v) is 6.58. The molecule has 126 valence electrons. The third kappa shape index (κ3) is 3.32. The molecule has 0 amide bonds. The molecule has 0 saturated heterocycles. The highest BCUT2D eigenvalue weighted by Crippen LogP contribution is 2.39. The number of ether oxygens (including phenoxy) is 2. The Morgan fingerprint density at radius 2 is 1.88 bits per heavy atom. The minimum absolute atomic E-state index is 0.0490. The average molecular weight is 325 g/mol. The standard InChI is InChI=1S/C19H23N3O2/c1-19(2)11-16(18(23-3)24-4)22-17(19)10-15-9-14(12-21-15)13-5-7-20-8-6-13/h5-10,12,18,21H,11H2,1-4H3/b17-10-. The quantitative estimate of drug-likeness (QED) is 0.848. The molecule has 24 heavy (non-hydrogen) atoms. The van der Waals surface area contributed by atoms with Crippen LogP contribution in [-0.4, -0.2) is 36.2 Å². The van der Waals surface area contributed by atoms with Gasteiger partial charge in [-0.15, -0.1) is 0 Å². The summed E-state index contributed by atoms with van der Waals surface area (Å²) >= 11 is 0. The van der Waals surface area contributed by atoms with E-state index in [4.69, 9.17) is 14.5 Å². The first kappa shape index (κ1) is 16.6. The summed E-state index contributed by atoms with van der Waals surface area (Å²) in [6, 6.07) is 6.12. The molecule has 0 atom stereocenters. The summed E-state index contributed by atoms with van der Waals surface area (Å²) in [5.74, 6) is 0. The van der Waals surface area contributed by atoms with Gasteiger partial charge in [-0.3, -0.25) is 9.98 Å². The number of allylic oxidation sites excluding steroid dienone is 1. The third-order valence-corrected chi connectivity index (χ3v) is 4.29. The lowest BCUT2D eigenvalue weighted by molar-refractivity contribution is -0.0532. The first-order valence-corrected chi connectivity index (χ1v) is 7.97. The van der Waals surface area contributed by atoms with Gasteiger partial charge in [-0.05, 0) is 35.4 Å². The van der Waals surface area contributed by atoms with Crippen LogP contribution in [0.2, 0.25) is 0 Å². The second-order valence-electron chi connectivity index (χ2n) is 6.58. The van der Waals surface area contributed by atoms with Crippen molar-refractivity contribution in [2.45, 2.75) is 26.6 Å². The Kier molecular flexibility index (Phi) is 4.64. The Labute approximate surface area is 142 Å². The molecule has 3 heterocycles. The van der Waals surface area contributed by atoms with Gasteiger partial charge in [0.25, 0.3) is 0 Å². The van der Waals surface area contributed by atoms with Crippen LogP contribution in [0.5, 0.6) is 0 Å². The van der Waals surface area contributed by atoms with Crippen LogP contribution in [0, 0.1) is 5.41 Å². The summed E-state index contributed by atoms with van der Waals surface area (Å²) in [6.45, 7) is 4.37. The van der Waals surface area contributed by atoms with Gasteiger partial charge in [0.05, 0.1) is 5.71 Å². The van der Waals surface area contributed by atoms with Gasteiger partial charge in [-0.1, -0.05) is 13.8 Å². The maximum Gasteiger partial charge on any atom is 0.196 e. The molecule has 0 aromatic carbocycles. The molecule has 1 aliphatic rings. The summed E-state index contributed by atoms with van der Waals surface area (Å²) in [5, 5.41) is 0. The van der Waals surface area contributed by atoms with Crippen LogP contribution in [0.25, 0.3) is 17.2 Å². The minimum atomic E-state index is -0.383. The van der Waals surface area contributed by atoms with Crippen molar-refractivity contribution in [2.24, 2.45) is 10.4 Å². The van der Waals surface area contributed by atoms with Crippen molar-refractivity contribution in [2.75, 3.05) is 14.2 Å². The Morgan fingerprint density at radius 1 is 1.17 bits per heavy atom. The summed E-state index contributed by atoms with van der Waals surface area (Å²) < 4.78 is 10.7. The molecule has 0 spiro atoms. The van der Waals surface area contributed by atoms with Gasteiger partial charge in [-0.25, -0.2) is 0 Å². The molecule has 0 fully saturated rings. The number of methoxy groups -OCH3 is 2. The first-order valence-electron chi connectivity index (χ1n) is 7.97. The molecule has 2 aromatic rings. The Morgan fingerprint density at radius 3 is 2.54 bits per heavy atom. The van der Waals surface area contributed by atoms with E-state index in [1.807, 2.05) is 18.3 Å². The molecular weight excluding hydrogens is 302 g/mol. The highest BCUT2D eigenvalue weighted by Gasteiger charge is 2.35. The van der Waals surface area contributed by atoms with Gasteiger partial charge in [0.15, 0.2) is 6.29 Å². The van der Waals surface area contributed by atoms with E-state index in [0.29, 0.717) is 0 Å². The summed E-state index contributed by atoms with van der Waals surface area (Å²) in [7, 11) is 3.27. The Bertz CT molecular complexity index is 756. The summed E-state index contributed by atoms with van der Waals surface area (Å²) in [5.41, 5.74) is 5.21. The number of H-pyrrole nitrogens is 1. The molecule has 3 rings (SSSR count). The molecule has 0 bridgehead atoms. The minimum Gasteiger partial charge on any atom is -0.361 e. The SMILES string of the molecule is COC(OC)C1=N/C(=C\c2cc(-c3ccncc3)c[nH]2)C(C)(C)C1. The van der Waals surface area contributed by atoms with Crippen molar-refractivity contribution < 1.29 is 9.47 Å². The normalized spacial score (nSPS) is 18.4. The number of nitrogens with zero attached hydrogens (tertiary/aromatic N) is 2. The lowest BCUT2D eigenvalue weighted by Crippen LogP contribution is -2.25. The third-order valence-electron chi connectivity index (χ3n) is 4.29. The van der Waals surface area contributed by atoms with Gasteiger partial charge < -0.3 is 14.5 Å². The number of pyridine rings is 1. The number of hydrogen-bond acceptors (Lipinski definition) is 4. The molecular formula is C19H23N3O2. The van der Waals surface area contributed by atoms with Crippen LogP contribution in [0.4, 0.5) is 0 Å². The molecule has 0 aliphatic carbocycles. The van der Waals surface area contributed by atoms with E-state index in [0.717, 1.165) is 34.7 Å². The maximum absolute atomic E-state index is 5.34. The summed E-state index contributed by atoms with van der Waals surface area (Å²) in [6.07, 6.45) is 8.13. The lowest BCUT2D eigenvalue weighted by Gasteiger charge is -2.19. The highest BCUT2D eigenvalue weighted by molar-refractivity contribution is 5.92.